The predicted octanol–water partition coefficient (Wildman–Crippen LogP) is 3.72. The molecule has 1 heterocycles. The lowest BCUT2D eigenvalue weighted by atomic mass is 10.0. The van der Waals surface area contributed by atoms with Gasteiger partial charge in [0.05, 0.1) is 0 Å². The predicted molar refractivity (Wildman–Crippen MR) is 55.1 cm³/mol. The molecule has 0 nitrogen and oxygen atoms in total. The molecular formula is C11H16S. The van der Waals surface area contributed by atoms with E-state index in [2.05, 4.69) is 27.7 Å². The summed E-state index contributed by atoms with van der Waals surface area (Å²) in [6.45, 7) is 9.15. The maximum absolute atomic E-state index is 2.39. The fourth-order valence-electron chi connectivity index (χ4n) is 1.73. The minimum absolute atomic E-state index is 0.563. The van der Waals surface area contributed by atoms with Crippen LogP contribution in [-0.4, -0.2) is 0 Å². The van der Waals surface area contributed by atoms with Crippen LogP contribution in [0.4, 0.5) is 0 Å². The van der Waals surface area contributed by atoms with Crippen molar-refractivity contribution in [1.82, 2.24) is 0 Å². The molecule has 1 saturated carbocycles. The molecule has 0 amide bonds. The molecule has 1 heteroatoms. The average molecular weight is 180 g/mol. The van der Waals surface area contributed by atoms with E-state index < -0.39 is 0 Å². The van der Waals surface area contributed by atoms with Crippen LogP contribution in [0.1, 0.15) is 40.6 Å². The fourth-order valence-corrected chi connectivity index (χ4v) is 3.10. The maximum atomic E-state index is 2.39. The van der Waals surface area contributed by atoms with E-state index in [0.717, 1.165) is 0 Å². The number of thiophene rings is 1. The second-order valence-electron chi connectivity index (χ2n) is 4.30. The quantitative estimate of drug-likeness (QED) is 0.618. The van der Waals surface area contributed by atoms with Crippen LogP contribution in [0.25, 0.3) is 0 Å². The van der Waals surface area contributed by atoms with Gasteiger partial charge in [-0.2, -0.15) is 0 Å². The Kier molecular flexibility index (Phi) is 1.63. The molecule has 1 aliphatic rings. The van der Waals surface area contributed by atoms with Gasteiger partial charge in [0.25, 0.3) is 0 Å². The Balaban J connectivity index is 2.51. The van der Waals surface area contributed by atoms with Crippen molar-refractivity contribution in [2.45, 2.75) is 46.0 Å². The normalized spacial score (nSPS) is 19.7. The molecule has 0 unspecified atom stereocenters. The highest BCUT2D eigenvalue weighted by Crippen LogP contribution is 2.52. The fraction of sp³-hybridized carbons (Fsp3) is 0.636. The number of aryl methyl sites for hydroxylation is 1. The Morgan fingerprint density at radius 3 is 2.00 bits per heavy atom. The molecule has 1 aromatic rings. The highest BCUT2D eigenvalue weighted by Gasteiger charge is 2.41. The van der Waals surface area contributed by atoms with E-state index in [9.17, 15) is 0 Å². The monoisotopic (exact) mass is 180 g/mol. The first kappa shape index (κ1) is 8.31. The standard InChI is InChI=1S/C11H16S/c1-7-8(2)10(12-9(7)3)11(4)5-6-11/h5-6H2,1-4H3. The van der Waals surface area contributed by atoms with Crippen molar-refractivity contribution in [3.63, 3.8) is 0 Å². The van der Waals surface area contributed by atoms with Gasteiger partial charge in [0, 0.05) is 15.2 Å². The first-order chi connectivity index (χ1) is 5.54. The van der Waals surface area contributed by atoms with E-state index >= 15 is 0 Å². The van der Waals surface area contributed by atoms with Crippen LogP contribution < -0.4 is 0 Å². The molecular weight excluding hydrogens is 164 g/mol. The van der Waals surface area contributed by atoms with Gasteiger partial charge in [0.2, 0.25) is 0 Å². The third-order valence-corrected chi connectivity index (χ3v) is 4.85. The van der Waals surface area contributed by atoms with Crippen LogP contribution in [0.15, 0.2) is 0 Å². The van der Waals surface area contributed by atoms with Crippen molar-refractivity contribution in [2.75, 3.05) is 0 Å². The Morgan fingerprint density at radius 1 is 1.08 bits per heavy atom. The van der Waals surface area contributed by atoms with E-state index in [1.54, 1.807) is 10.4 Å². The zero-order valence-corrected chi connectivity index (χ0v) is 9.14. The van der Waals surface area contributed by atoms with Crippen molar-refractivity contribution >= 4 is 11.3 Å². The zero-order chi connectivity index (χ0) is 8.93. The number of hydrogen-bond acceptors (Lipinski definition) is 1. The molecule has 0 N–H and O–H groups in total. The van der Waals surface area contributed by atoms with Gasteiger partial charge in [-0.3, -0.25) is 0 Å². The SMILES string of the molecule is Cc1sc(C2(C)CC2)c(C)c1C. The topological polar surface area (TPSA) is 0 Å². The lowest BCUT2D eigenvalue weighted by molar-refractivity contribution is 0.801. The molecule has 2 rings (SSSR count). The number of rotatable bonds is 1. The first-order valence-electron chi connectivity index (χ1n) is 4.62. The van der Waals surface area contributed by atoms with Gasteiger partial charge in [-0.25, -0.2) is 0 Å². The minimum atomic E-state index is 0.563. The Hall–Kier alpha value is -0.300. The Morgan fingerprint density at radius 2 is 1.67 bits per heavy atom. The maximum Gasteiger partial charge on any atom is 0.0139 e. The van der Waals surface area contributed by atoms with E-state index in [1.807, 2.05) is 11.3 Å². The molecule has 1 aromatic heterocycles. The van der Waals surface area contributed by atoms with Gasteiger partial charge < -0.3 is 0 Å². The molecule has 1 aliphatic carbocycles. The number of hydrogen-bond donors (Lipinski definition) is 0. The summed E-state index contributed by atoms with van der Waals surface area (Å²) in [5.41, 5.74) is 3.63. The van der Waals surface area contributed by atoms with Crippen LogP contribution >= 0.6 is 11.3 Å². The first-order valence-corrected chi connectivity index (χ1v) is 5.43. The van der Waals surface area contributed by atoms with Gasteiger partial charge in [0.1, 0.15) is 0 Å². The van der Waals surface area contributed by atoms with Gasteiger partial charge in [-0.15, -0.1) is 11.3 Å². The summed E-state index contributed by atoms with van der Waals surface area (Å²) in [6, 6.07) is 0. The van der Waals surface area contributed by atoms with Gasteiger partial charge in [-0.05, 0) is 44.7 Å². The van der Waals surface area contributed by atoms with Crippen LogP contribution in [0.3, 0.4) is 0 Å². The molecule has 0 radical (unpaired) electrons. The second kappa shape index (κ2) is 2.35. The summed E-state index contributed by atoms with van der Waals surface area (Å²) in [4.78, 5) is 3.16. The van der Waals surface area contributed by atoms with E-state index in [0.29, 0.717) is 5.41 Å². The largest absolute Gasteiger partial charge is 0.145 e. The minimum Gasteiger partial charge on any atom is -0.145 e. The second-order valence-corrected chi connectivity index (χ2v) is 5.52. The molecule has 12 heavy (non-hydrogen) atoms. The summed E-state index contributed by atoms with van der Waals surface area (Å²) >= 11 is 2.01. The third-order valence-electron chi connectivity index (χ3n) is 3.23. The van der Waals surface area contributed by atoms with Crippen LogP contribution in [0.2, 0.25) is 0 Å². The summed E-state index contributed by atoms with van der Waals surface area (Å²) in [6.07, 6.45) is 2.79. The van der Waals surface area contributed by atoms with E-state index in [4.69, 9.17) is 0 Å². The van der Waals surface area contributed by atoms with Gasteiger partial charge in [-0.1, -0.05) is 6.92 Å². The van der Waals surface area contributed by atoms with Crippen molar-refractivity contribution in [3.05, 3.63) is 20.9 Å². The Bertz CT molecular complexity index is 316. The zero-order valence-electron chi connectivity index (χ0n) is 8.32. The summed E-state index contributed by atoms with van der Waals surface area (Å²) in [5, 5.41) is 0. The molecule has 0 spiro atoms. The molecule has 66 valence electrons. The van der Waals surface area contributed by atoms with Crippen LogP contribution in [-0.2, 0) is 5.41 Å². The van der Waals surface area contributed by atoms with E-state index in [-0.39, 0.29) is 0 Å². The summed E-state index contributed by atoms with van der Waals surface area (Å²) in [5.74, 6) is 0. The molecule has 0 aliphatic heterocycles. The lowest BCUT2D eigenvalue weighted by Gasteiger charge is -2.06. The molecule has 0 bridgehead atoms. The van der Waals surface area contributed by atoms with Crippen LogP contribution in [0, 0.1) is 20.8 Å². The summed E-state index contributed by atoms with van der Waals surface area (Å²) < 4.78 is 0. The van der Waals surface area contributed by atoms with Crippen molar-refractivity contribution in [2.24, 2.45) is 0 Å². The van der Waals surface area contributed by atoms with Gasteiger partial charge >= 0.3 is 0 Å². The van der Waals surface area contributed by atoms with Crippen LogP contribution in [0.5, 0.6) is 0 Å². The molecule has 0 atom stereocenters. The molecule has 0 saturated heterocycles. The van der Waals surface area contributed by atoms with Crippen molar-refractivity contribution in [3.8, 4) is 0 Å². The lowest BCUT2D eigenvalue weighted by Crippen LogP contribution is -1.97. The average Bonchev–Trinajstić information content (AvgIpc) is 2.71. The summed E-state index contributed by atoms with van der Waals surface area (Å²) in [7, 11) is 0. The highest BCUT2D eigenvalue weighted by atomic mass is 32.1. The van der Waals surface area contributed by atoms with E-state index in [1.165, 1.54) is 23.3 Å². The van der Waals surface area contributed by atoms with Crippen molar-refractivity contribution in [1.29, 1.82) is 0 Å². The third kappa shape index (κ3) is 1.03. The van der Waals surface area contributed by atoms with Gasteiger partial charge in [0.15, 0.2) is 0 Å². The smallest absolute Gasteiger partial charge is 0.0139 e. The molecule has 1 fully saturated rings. The Labute approximate surface area is 78.6 Å². The highest BCUT2D eigenvalue weighted by molar-refractivity contribution is 7.12. The molecule has 0 aromatic carbocycles. The van der Waals surface area contributed by atoms with Crippen molar-refractivity contribution < 1.29 is 0 Å².